The van der Waals surface area contributed by atoms with Gasteiger partial charge < -0.3 is 9.84 Å². The first-order valence-electron chi connectivity index (χ1n) is 5.72. The summed E-state index contributed by atoms with van der Waals surface area (Å²) < 4.78 is 32.3. The van der Waals surface area contributed by atoms with Gasteiger partial charge in [0.1, 0.15) is 6.61 Å². The highest BCUT2D eigenvalue weighted by molar-refractivity contribution is 5.31. The molecule has 0 saturated heterocycles. The third-order valence-electron chi connectivity index (χ3n) is 2.56. The van der Waals surface area contributed by atoms with Crippen LogP contribution in [0, 0.1) is 18.6 Å². The van der Waals surface area contributed by atoms with E-state index >= 15 is 0 Å². The van der Waals surface area contributed by atoms with E-state index in [2.05, 4.69) is 4.98 Å². The largest absolute Gasteiger partial charge is 0.483 e. The Morgan fingerprint density at radius 1 is 1.11 bits per heavy atom. The maximum Gasteiger partial charge on any atom is 0.191 e. The first kappa shape index (κ1) is 13.4. The minimum absolute atomic E-state index is 0.0288. The third-order valence-corrected chi connectivity index (χ3v) is 2.56. The van der Waals surface area contributed by atoms with E-state index in [9.17, 15) is 8.78 Å². The van der Waals surface area contributed by atoms with Crippen molar-refractivity contribution in [2.75, 3.05) is 0 Å². The lowest BCUT2D eigenvalue weighted by Gasteiger charge is -2.09. The van der Waals surface area contributed by atoms with Crippen LogP contribution in [0.5, 0.6) is 5.75 Å². The van der Waals surface area contributed by atoms with Crippen molar-refractivity contribution in [3.63, 3.8) is 0 Å². The molecule has 0 radical (unpaired) electrons. The van der Waals surface area contributed by atoms with Gasteiger partial charge in [-0.3, -0.25) is 4.98 Å². The summed E-state index contributed by atoms with van der Waals surface area (Å²) in [5.74, 6) is -2.10. The van der Waals surface area contributed by atoms with Gasteiger partial charge in [0, 0.05) is 18.0 Å². The number of aryl methyl sites for hydroxylation is 1. The van der Waals surface area contributed by atoms with Gasteiger partial charge in [-0.1, -0.05) is 0 Å². The highest BCUT2D eigenvalue weighted by Gasteiger charge is 2.12. The number of ether oxygens (including phenoxy) is 1. The van der Waals surface area contributed by atoms with Gasteiger partial charge in [0.05, 0.1) is 6.61 Å². The Morgan fingerprint density at radius 2 is 1.79 bits per heavy atom. The van der Waals surface area contributed by atoms with E-state index in [1.165, 1.54) is 0 Å². The van der Waals surface area contributed by atoms with Crippen LogP contribution in [0.25, 0.3) is 0 Å². The second-order valence-electron chi connectivity index (χ2n) is 4.21. The van der Waals surface area contributed by atoms with Crippen molar-refractivity contribution in [3.8, 4) is 5.75 Å². The topological polar surface area (TPSA) is 42.4 Å². The Morgan fingerprint density at radius 3 is 2.37 bits per heavy atom. The van der Waals surface area contributed by atoms with Gasteiger partial charge in [0.25, 0.3) is 0 Å². The van der Waals surface area contributed by atoms with E-state index in [1.807, 2.05) is 13.0 Å². The zero-order chi connectivity index (χ0) is 13.8. The Hall–Kier alpha value is -2.01. The van der Waals surface area contributed by atoms with Crippen LogP contribution in [-0.4, -0.2) is 10.1 Å². The molecule has 1 heterocycles. The first-order chi connectivity index (χ1) is 9.10. The van der Waals surface area contributed by atoms with E-state index in [4.69, 9.17) is 9.84 Å². The van der Waals surface area contributed by atoms with Crippen molar-refractivity contribution in [2.45, 2.75) is 20.1 Å². The zero-order valence-electron chi connectivity index (χ0n) is 10.4. The Kier molecular flexibility index (Phi) is 4.06. The van der Waals surface area contributed by atoms with Gasteiger partial charge in [-0.15, -0.1) is 0 Å². The van der Waals surface area contributed by atoms with E-state index in [0.717, 1.165) is 23.3 Å². The van der Waals surface area contributed by atoms with Crippen LogP contribution in [0.2, 0.25) is 0 Å². The number of nitrogens with zero attached hydrogens (tertiary/aromatic N) is 1. The average molecular weight is 265 g/mol. The molecule has 0 aliphatic rings. The summed E-state index contributed by atoms with van der Waals surface area (Å²) >= 11 is 0. The van der Waals surface area contributed by atoms with Crippen LogP contribution in [0.3, 0.4) is 0 Å². The summed E-state index contributed by atoms with van der Waals surface area (Å²) in [6.07, 6.45) is 3.26. The molecule has 0 saturated carbocycles. The van der Waals surface area contributed by atoms with Crippen LogP contribution in [0.1, 0.15) is 16.7 Å². The maximum absolute atomic E-state index is 13.6. The fourth-order valence-corrected chi connectivity index (χ4v) is 1.69. The molecule has 2 rings (SSSR count). The van der Waals surface area contributed by atoms with Crippen molar-refractivity contribution in [1.29, 1.82) is 0 Å². The molecule has 0 atom stereocenters. The number of rotatable bonds is 4. The summed E-state index contributed by atoms with van der Waals surface area (Å²) in [6, 6.07) is 3.92. The molecule has 0 spiro atoms. The van der Waals surface area contributed by atoms with Gasteiger partial charge in [0.2, 0.25) is 0 Å². The smallest absolute Gasteiger partial charge is 0.191 e. The number of aromatic nitrogens is 1. The van der Waals surface area contributed by atoms with E-state index in [-0.39, 0.29) is 12.2 Å². The van der Waals surface area contributed by atoms with Crippen molar-refractivity contribution >= 4 is 0 Å². The molecule has 0 fully saturated rings. The number of benzene rings is 1. The first-order valence-corrected chi connectivity index (χ1v) is 5.72. The van der Waals surface area contributed by atoms with Crippen molar-refractivity contribution in [3.05, 3.63) is 58.9 Å². The number of hydrogen-bond donors (Lipinski definition) is 1. The van der Waals surface area contributed by atoms with Gasteiger partial charge in [-0.05, 0) is 36.2 Å². The van der Waals surface area contributed by atoms with Gasteiger partial charge in [-0.25, -0.2) is 8.78 Å². The number of aliphatic hydroxyl groups excluding tert-OH is 1. The molecule has 2 aromatic rings. The Labute approximate surface area is 109 Å². The van der Waals surface area contributed by atoms with Crippen LogP contribution in [0.4, 0.5) is 8.78 Å². The molecular formula is C14H13F2NO2. The molecule has 5 heteroatoms. The van der Waals surface area contributed by atoms with Crippen molar-refractivity contribution < 1.29 is 18.6 Å². The monoisotopic (exact) mass is 265 g/mol. The van der Waals surface area contributed by atoms with Gasteiger partial charge in [0.15, 0.2) is 17.4 Å². The van der Waals surface area contributed by atoms with E-state index in [0.29, 0.717) is 0 Å². The minimum Gasteiger partial charge on any atom is -0.483 e. The van der Waals surface area contributed by atoms with Gasteiger partial charge >= 0.3 is 0 Å². The van der Waals surface area contributed by atoms with E-state index < -0.39 is 24.0 Å². The lowest BCUT2D eigenvalue weighted by molar-refractivity contribution is 0.266. The number of aliphatic hydroxyl groups is 1. The molecule has 1 N–H and O–H groups in total. The highest BCUT2D eigenvalue weighted by Crippen LogP contribution is 2.24. The molecular weight excluding hydrogens is 252 g/mol. The molecule has 1 aromatic heterocycles. The molecule has 100 valence electrons. The number of hydrogen-bond acceptors (Lipinski definition) is 3. The molecule has 0 amide bonds. The molecule has 1 aromatic carbocycles. The molecule has 0 aliphatic heterocycles. The number of halogens is 2. The van der Waals surface area contributed by atoms with Crippen molar-refractivity contribution in [1.82, 2.24) is 4.98 Å². The summed E-state index contributed by atoms with van der Waals surface area (Å²) in [5.41, 5.74) is 1.84. The average Bonchev–Trinajstić information content (AvgIpc) is 2.37. The second kappa shape index (κ2) is 5.75. The predicted octanol–water partition coefficient (Wildman–Crippen LogP) is 2.74. The van der Waals surface area contributed by atoms with Crippen molar-refractivity contribution in [2.24, 2.45) is 0 Å². The standard InChI is InChI=1S/C14H13F2NO2/c1-9-2-11(6-17-5-9)8-19-14-12(15)3-10(7-18)4-13(14)16/h2-6,18H,7-8H2,1H3. The third kappa shape index (κ3) is 3.26. The molecule has 0 bridgehead atoms. The fraction of sp³-hybridized carbons (Fsp3) is 0.214. The second-order valence-corrected chi connectivity index (χ2v) is 4.21. The fourth-order valence-electron chi connectivity index (χ4n) is 1.69. The summed E-state index contributed by atoms with van der Waals surface area (Å²) in [4.78, 5) is 3.97. The Balaban J connectivity index is 2.16. The lowest BCUT2D eigenvalue weighted by Crippen LogP contribution is -2.02. The van der Waals surface area contributed by atoms with E-state index in [1.54, 1.807) is 12.4 Å². The van der Waals surface area contributed by atoms with Crippen LogP contribution < -0.4 is 4.74 Å². The molecule has 19 heavy (non-hydrogen) atoms. The highest BCUT2D eigenvalue weighted by atomic mass is 19.1. The van der Waals surface area contributed by atoms with Crippen LogP contribution >= 0.6 is 0 Å². The molecule has 0 aliphatic carbocycles. The molecule has 0 unspecified atom stereocenters. The SMILES string of the molecule is Cc1cncc(COc2c(F)cc(CO)cc2F)c1. The summed E-state index contributed by atoms with van der Waals surface area (Å²) in [5, 5.41) is 8.83. The normalized spacial score (nSPS) is 10.5. The minimum atomic E-state index is -0.829. The quantitative estimate of drug-likeness (QED) is 0.924. The maximum atomic E-state index is 13.6. The van der Waals surface area contributed by atoms with Crippen LogP contribution in [0.15, 0.2) is 30.6 Å². The summed E-state index contributed by atoms with van der Waals surface area (Å²) in [7, 11) is 0. The van der Waals surface area contributed by atoms with Crippen LogP contribution in [-0.2, 0) is 13.2 Å². The zero-order valence-corrected chi connectivity index (χ0v) is 10.4. The Bertz CT molecular complexity index is 564. The van der Waals surface area contributed by atoms with Gasteiger partial charge in [-0.2, -0.15) is 0 Å². The number of pyridine rings is 1. The summed E-state index contributed by atoms with van der Waals surface area (Å²) in [6.45, 7) is 1.48. The lowest BCUT2D eigenvalue weighted by atomic mass is 10.2. The molecule has 3 nitrogen and oxygen atoms in total. The predicted molar refractivity (Wildman–Crippen MR) is 65.6 cm³/mol.